The molecule has 0 spiro atoms. The summed E-state index contributed by atoms with van der Waals surface area (Å²) in [6, 6.07) is 8.41. The number of pyridine rings is 1. The fourth-order valence-electron chi connectivity index (χ4n) is 4.56. The molecule has 1 aliphatic heterocycles. The molecule has 0 unspecified atom stereocenters. The van der Waals surface area contributed by atoms with Gasteiger partial charge < -0.3 is 30.1 Å². The summed E-state index contributed by atoms with van der Waals surface area (Å²) in [7, 11) is -4.58. The SMILES string of the molecule is Cc1cccc(C[C@H](O)[C@@H]2C[C@@H](F)CN2C(=O)Cn2cc(C(N)=O)c3cc(P(=O)(O)O)ccc32)n1. The van der Waals surface area contributed by atoms with Crippen LogP contribution in [0.4, 0.5) is 4.39 Å². The molecule has 0 radical (unpaired) electrons. The Kier molecular flexibility index (Phi) is 6.79. The Morgan fingerprint density at radius 1 is 1.29 bits per heavy atom. The van der Waals surface area contributed by atoms with Gasteiger partial charge >= 0.3 is 7.60 Å². The van der Waals surface area contributed by atoms with Gasteiger partial charge in [0.05, 0.1) is 29.6 Å². The van der Waals surface area contributed by atoms with Gasteiger partial charge in [-0.05, 0) is 37.3 Å². The molecule has 3 aromatic rings. The van der Waals surface area contributed by atoms with E-state index in [1.54, 1.807) is 6.07 Å². The monoisotopic (exact) mass is 504 g/mol. The normalized spacial score (nSPS) is 19.3. The van der Waals surface area contributed by atoms with Gasteiger partial charge in [-0.2, -0.15) is 0 Å². The molecule has 1 fully saturated rings. The number of fused-ring (bicyclic) bond motifs is 1. The Hall–Kier alpha value is -3.11. The molecule has 0 aliphatic carbocycles. The molecule has 0 saturated carbocycles. The van der Waals surface area contributed by atoms with Crippen LogP contribution >= 0.6 is 7.60 Å². The molecule has 3 heterocycles. The highest BCUT2D eigenvalue weighted by Gasteiger charge is 2.39. The third kappa shape index (κ3) is 5.28. The van der Waals surface area contributed by atoms with Crippen molar-refractivity contribution in [2.24, 2.45) is 5.73 Å². The van der Waals surface area contributed by atoms with Crippen LogP contribution in [0.3, 0.4) is 0 Å². The molecule has 186 valence electrons. The average molecular weight is 504 g/mol. The van der Waals surface area contributed by atoms with E-state index in [0.29, 0.717) is 11.2 Å². The molecule has 1 aliphatic rings. The summed E-state index contributed by atoms with van der Waals surface area (Å²) in [5.41, 5.74) is 7.21. The number of alkyl halides is 1. The molecule has 12 heteroatoms. The van der Waals surface area contributed by atoms with Crippen molar-refractivity contribution in [3.05, 3.63) is 59.5 Å². The van der Waals surface area contributed by atoms with Crippen molar-refractivity contribution in [3.63, 3.8) is 0 Å². The maximum Gasteiger partial charge on any atom is 0.356 e. The van der Waals surface area contributed by atoms with Crippen LogP contribution in [-0.2, 0) is 22.3 Å². The van der Waals surface area contributed by atoms with E-state index in [1.807, 2.05) is 19.1 Å². The van der Waals surface area contributed by atoms with Crippen LogP contribution in [-0.4, -0.2) is 66.0 Å². The van der Waals surface area contributed by atoms with Crippen molar-refractivity contribution in [1.29, 1.82) is 0 Å². The molecule has 1 saturated heterocycles. The van der Waals surface area contributed by atoms with Crippen LogP contribution in [0.5, 0.6) is 0 Å². The Balaban J connectivity index is 1.59. The number of benzene rings is 1. The molecule has 2 aromatic heterocycles. The Morgan fingerprint density at radius 3 is 2.69 bits per heavy atom. The lowest BCUT2D eigenvalue weighted by Gasteiger charge is -2.28. The summed E-state index contributed by atoms with van der Waals surface area (Å²) >= 11 is 0. The molecule has 2 amide bonds. The number of nitrogens with two attached hydrogens (primary N) is 1. The predicted octanol–water partition coefficient (Wildman–Crippen LogP) is 0.789. The van der Waals surface area contributed by atoms with Crippen molar-refractivity contribution in [3.8, 4) is 0 Å². The molecular weight excluding hydrogens is 478 g/mol. The third-order valence-corrected chi connectivity index (χ3v) is 7.14. The quantitative estimate of drug-likeness (QED) is 0.346. The lowest BCUT2D eigenvalue weighted by molar-refractivity contribution is -0.134. The summed E-state index contributed by atoms with van der Waals surface area (Å²) < 4.78 is 27.4. The largest absolute Gasteiger partial charge is 0.391 e. The van der Waals surface area contributed by atoms with E-state index in [0.717, 1.165) is 5.69 Å². The minimum Gasteiger partial charge on any atom is -0.391 e. The zero-order chi connectivity index (χ0) is 25.5. The van der Waals surface area contributed by atoms with Crippen molar-refractivity contribution in [1.82, 2.24) is 14.5 Å². The Bertz CT molecular complexity index is 1340. The topological polar surface area (TPSA) is 159 Å². The number of hydrogen-bond acceptors (Lipinski definition) is 5. The number of aryl methyl sites for hydroxylation is 1. The standard InChI is InChI=1S/C23H26FN4O6P/c1-13-3-2-4-15(26-13)8-21(29)20-7-14(24)10-28(20)22(30)12-27-11-18(23(25)31)17-9-16(35(32,33)34)5-6-19(17)27/h2-6,9,11,14,20-21,29H,7-8,10,12H2,1H3,(H2,25,31)(H2,32,33,34)/t14-,20+,21+/m1/s1. The molecule has 0 bridgehead atoms. The van der Waals surface area contributed by atoms with Gasteiger partial charge in [0, 0.05) is 41.3 Å². The zero-order valence-corrected chi connectivity index (χ0v) is 19.8. The Morgan fingerprint density at radius 2 is 2.03 bits per heavy atom. The molecule has 4 rings (SSSR count). The first-order chi connectivity index (χ1) is 16.4. The number of aliphatic hydroxyl groups is 1. The van der Waals surface area contributed by atoms with Gasteiger partial charge in [-0.3, -0.25) is 19.1 Å². The number of amides is 2. The first-order valence-corrected chi connectivity index (χ1v) is 12.6. The molecular formula is C23H26FN4O6P. The molecule has 5 N–H and O–H groups in total. The van der Waals surface area contributed by atoms with Gasteiger partial charge in [-0.1, -0.05) is 6.07 Å². The third-order valence-electron chi connectivity index (χ3n) is 6.19. The van der Waals surface area contributed by atoms with Gasteiger partial charge in [0.25, 0.3) is 5.91 Å². The van der Waals surface area contributed by atoms with E-state index in [9.17, 15) is 33.4 Å². The van der Waals surface area contributed by atoms with Gasteiger partial charge in [-0.15, -0.1) is 0 Å². The number of primary amides is 1. The summed E-state index contributed by atoms with van der Waals surface area (Å²) in [5.74, 6) is -1.30. The van der Waals surface area contributed by atoms with E-state index in [2.05, 4.69) is 4.98 Å². The molecule has 3 atom stereocenters. The minimum atomic E-state index is -4.58. The van der Waals surface area contributed by atoms with E-state index in [1.165, 1.54) is 33.9 Å². The molecule has 1 aromatic carbocycles. The van der Waals surface area contributed by atoms with Crippen LogP contribution in [0.15, 0.2) is 42.6 Å². The Labute approximate surface area is 200 Å². The first-order valence-electron chi connectivity index (χ1n) is 11.0. The lowest BCUT2D eigenvalue weighted by Crippen LogP contribution is -2.45. The van der Waals surface area contributed by atoms with Crippen molar-refractivity contribution < 1.29 is 33.4 Å². The molecule has 35 heavy (non-hydrogen) atoms. The van der Waals surface area contributed by atoms with E-state index in [4.69, 9.17) is 5.73 Å². The predicted molar refractivity (Wildman–Crippen MR) is 126 cm³/mol. The maximum atomic E-state index is 14.3. The van der Waals surface area contributed by atoms with Crippen molar-refractivity contribution in [2.45, 2.75) is 44.6 Å². The van der Waals surface area contributed by atoms with Crippen LogP contribution in [0.2, 0.25) is 0 Å². The number of rotatable bonds is 7. The van der Waals surface area contributed by atoms with Gasteiger partial charge in [0.2, 0.25) is 5.91 Å². The maximum absolute atomic E-state index is 14.3. The number of nitrogens with zero attached hydrogens (tertiary/aromatic N) is 3. The van der Waals surface area contributed by atoms with Crippen LogP contribution < -0.4 is 11.0 Å². The van der Waals surface area contributed by atoms with Crippen molar-refractivity contribution in [2.75, 3.05) is 6.54 Å². The smallest absolute Gasteiger partial charge is 0.356 e. The summed E-state index contributed by atoms with van der Waals surface area (Å²) in [5, 5.41) is 10.7. The van der Waals surface area contributed by atoms with Crippen LogP contribution in [0.1, 0.15) is 28.2 Å². The van der Waals surface area contributed by atoms with E-state index < -0.39 is 37.7 Å². The van der Waals surface area contributed by atoms with Crippen LogP contribution in [0, 0.1) is 6.92 Å². The summed E-state index contributed by atoms with van der Waals surface area (Å²) in [4.78, 5) is 49.7. The number of likely N-dealkylation sites (tertiary alicyclic amines) is 1. The number of hydrogen-bond donors (Lipinski definition) is 4. The van der Waals surface area contributed by atoms with Gasteiger partial charge in [-0.25, -0.2) is 4.39 Å². The number of aliphatic hydroxyl groups excluding tert-OH is 1. The number of aromatic nitrogens is 2. The average Bonchev–Trinajstić information content (AvgIpc) is 3.34. The fraction of sp³-hybridized carbons (Fsp3) is 0.348. The van der Waals surface area contributed by atoms with Crippen molar-refractivity contribution >= 4 is 35.6 Å². The fourth-order valence-corrected chi connectivity index (χ4v) is 5.12. The number of halogens is 1. The highest BCUT2D eigenvalue weighted by atomic mass is 31.2. The molecule has 10 nitrogen and oxygen atoms in total. The highest BCUT2D eigenvalue weighted by Crippen LogP contribution is 2.35. The second-order valence-electron chi connectivity index (χ2n) is 8.77. The minimum absolute atomic E-state index is 0.00463. The summed E-state index contributed by atoms with van der Waals surface area (Å²) in [6.07, 6.45) is -0.838. The van der Waals surface area contributed by atoms with Crippen LogP contribution in [0.25, 0.3) is 10.9 Å². The summed E-state index contributed by atoms with van der Waals surface area (Å²) in [6.45, 7) is 1.37. The zero-order valence-electron chi connectivity index (χ0n) is 18.9. The number of carbonyl (C=O) groups is 2. The highest BCUT2D eigenvalue weighted by molar-refractivity contribution is 7.60. The second kappa shape index (κ2) is 9.50. The van der Waals surface area contributed by atoms with Gasteiger partial charge in [0.15, 0.2) is 0 Å². The van der Waals surface area contributed by atoms with E-state index >= 15 is 0 Å². The van der Waals surface area contributed by atoms with E-state index in [-0.39, 0.29) is 42.2 Å². The van der Waals surface area contributed by atoms with Gasteiger partial charge in [0.1, 0.15) is 12.7 Å². The second-order valence-corrected chi connectivity index (χ2v) is 10.4. The lowest BCUT2D eigenvalue weighted by atomic mass is 10.0. The number of carbonyl (C=O) groups excluding carboxylic acids is 2. The first kappa shape index (κ1) is 25.0.